The third-order valence-electron chi connectivity index (χ3n) is 1.93. The summed E-state index contributed by atoms with van der Waals surface area (Å²) in [7, 11) is 0. The minimum absolute atomic E-state index is 0.111. The lowest BCUT2D eigenvalue weighted by Crippen LogP contribution is -2.27. The first kappa shape index (κ1) is 9.45. The van der Waals surface area contributed by atoms with Crippen LogP contribution < -0.4 is 10.2 Å². The summed E-state index contributed by atoms with van der Waals surface area (Å²) in [6, 6.07) is 7.08. The summed E-state index contributed by atoms with van der Waals surface area (Å²) in [6.07, 6.45) is 0. The molecular weight excluding hydrogens is 295 g/mol. The van der Waals surface area contributed by atoms with Crippen LogP contribution in [0.25, 0.3) is 0 Å². The molecule has 1 heterocycles. The van der Waals surface area contributed by atoms with Crippen LogP contribution in [-0.2, 0) is 4.79 Å². The van der Waals surface area contributed by atoms with Crippen LogP contribution in [0.3, 0.4) is 0 Å². The Morgan fingerprint density at radius 1 is 1.21 bits per heavy atom. The highest BCUT2D eigenvalue weighted by Crippen LogP contribution is 2.18. The van der Waals surface area contributed by atoms with E-state index in [0.717, 1.165) is 9.26 Å². The molecule has 1 saturated heterocycles. The zero-order valence-corrected chi connectivity index (χ0v) is 9.32. The van der Waals surface area contributed by atoms with Crippen molar-refractivity contribution < 1.29 is 9.59 Å². The zero-order valence-electron chi connectivity index (χ0n) is 7.16. The highest BCUT2D eigenvalue weighted by Gasteiger charge is 2.27. The van der Waals surface area contributed by atoms with E-state index in [0.29, 0.717) is 0 Å². The summed E-state index contributed by atoms with van der Waals surface area (Å²) in [4.78, 5) is 23.6. The van der Waals surface area contributed by atoms with Crippen molar-refractivity contribution in [3.05, 3.63) is 27.8 Å². The Hall–Kier alpha value is -1.11. The fraction of sp³-hybridized carbons (Fsp3) is 0.111. The average Bonchev–Trinajstić information content (AvgIpc) is 2.47. The number of amides is 3. The van der Waals surface area contributed by atoms with Gasteiger partial charge in [0.05, 0.1) is 0 Å². The molecule has 0 atom stereocenters. The maximum atomic E-state index is 11.3. The molecular formula is C9H7IN2O2. The summed E-state index contributed by atoms with van der Waals surface area (Å²) < 4.78 is 1.09. The van der Waals surface area contributed by atoms with Crippen LogP contribution in [0.4, 0.5) is 10.5 Å². The smallest absolute Gasteiger partial charge is 0.285 e. The SMILES string of the molecule is O=C1CN(c2ccc(I)cc2)C(=O)N1. The molecule has 0 radical (unpaired) electrons. The van der Waals surface area contributed by atoms with Gasteiger partial charge in [0.15, 0.2) is 0 Å². The van der Waals surface area contributed by atoms with Crippen molar-refractivity contribution in [2.24, 2.45) is 0 Å². The predicted molar refractivity (Wildman–Crippen MR) is 60.0 cm³/mol. The Morgan fingerprint density at radius 3 is 2.36 bits per heavy atom. The van der Waals surface area contributed by atoms with E-state index in [1.54, 1.807) is 0 Å². The summed E-state index contributed by atoms with van der Waals surface area (Å²) in [5.74, 6) is -0.256. The minimum atomic E-state index is -0.351. The fourth-order valence-electron chi connectivity index (χ4n) is 1.27. The van der Waals surface area contributed by atoms with Crippen LogP contribution in [0.1, 0.15) is 0 Å². The largest absolute Gasteiger partial charge is 0.329 e. The second-order valence-corrected chi connectivity index (χ2v) is 4.16. The lowest BCUT2D eigenvalue weighted by Gasteiger charge is -2.12. The van der Waals surface area contributed by atoms with Gasteiger partial charge in [-0.15, -0.1) is 0 Å². The van der Waals surface area contributed by atoms with Crippen molar-refractivity contribution in [3.63, 3.8) is 0 Å². The van der Waals surface area contributed by atoms with Crippen molar-refractivity contribution in [3.8, 4) is 0 Å². The second kappa shape index (κ2) is 3.56. The first-order valence-electron chi connectivity index (χ1n) is 4.04. The highest BCUT2D eigenvalue weighted by molar-refractivity contribution is 14.1. The summed E-state index contributed by atoms with van der Waals surface area (Å²) in [5.41, 5.74) is 0.744. The Bertz CT molecular complexity index is 388. The van der Waals surface area contributed by atoms with Gasteiger partial charge in [-0.25, -0.2) is 4.79 Å². The van der Waals surface area contributed by atoms with E-state index in [1.807, 2.05) is 24.3 Å². The molecule has 0 aromatic heterocycles. The van der Waals surface area contributed by atoms with Gasteiger partial charge in [-0.2, -0.15) is 0 Å². The topological polar surface area (TPSA) is 49.4 Å². The molecule has 3 amide bonds. The van der Waals surface area contributed by atoms with Gasteiger partial charge in [0, 0.05) is 9.26 Å². The number of halogens is 1. The molecule has 14 heavy (non-hydrogen) atoms. The number of rotatable bonds is 1. The van der Waals surface area contributed by atoms with Gasteiger partial charge in [0.25, 0.3) is 0 Å². The Kier molecular flexibility index (Phi) is 2.40. The van der Waals surface area contributed by atoms with Crippen LogP contribution in [0.5, 0.6) is 0 Å². The molecule has 0 bridgehead atoms. The van der Waals surface area contributed by atoms with E-state index in [-0.39, 0.29) is 18.5 Å². The summed E-state index contributed by atoms with van der Waals surface area (Å²) in [5, 5.41) is 2.23. The van der Waals surface area contributed by atoms with Gasteiger partial charge >= 0.3 is 6.03 Å². The van der Waals surface area contributed by atoms with E-state index in [9.17, 15) is 9.59 Å². The van der Waals surface area contributed by atoms with Crippen LogP contribution in [0.2, 0.25) is 0 Å². The van der Waals surface area contributed by atoms with E-state index in [1.165, 1.54) is 4.90 Å². The van der Waals surface area contributed by atoms with Crippen LogP contribution in [-0.4, -0.2) is 18.5 Å². The fourth-order valence-corrected chi connectivity index (χ4v) is 1.63. The molecule has 0 spiro atoms. The van der Waals surface area contributed by atoms with Crippen LogP contribution in [0, 0.1) is 3.57 Å². The van der Waals surface area contributed by atoms with Gasteiger partial charge in [0.1, 0.15) is 6.54 Å². The van der Waals surface area contributed by atoms with Crippen molar-refractivity contribution >= 4 is 40.2 Å². The van der Waals surface area contributed by atoms with Gasteiger partial charge in [-0.3, -0.25) is 15.0 Å². The first-order chi connectivity index (χ1) is 6.66. The number of anilines is 1. The normalized spacial score (nSPS) is 15.9. The molecule has 1 aromatic carbocycles. The summed E-state index contributed by atoms with van der Waals surface area (Å²) in [6.45, 7) is 0.111. The van der Waals surface area contributed by atoms with Crippen molar-refractivity contribution in [1.29, 1.82) is 0 Å². The molecule has 0 aliphatic carbocycles. The Labute approximate surface area is 94.4 Å². The predicted octanol–water partition coefficient (Wildman–Crippen LogP) is 1.35. The third-order valence-corrected chi connectivity index (χ3v) is 2.65. The first-order valence-corrected chi connectivity index (χ1v) is 5.11. The van der Waals surface area contributed by atoms with E-state index in [4.69, 9.17) is 0 Å². The van der Waals surface area contributed by atoms with E-state index in [2.05, 4.69) is 27.9 Å². The van der Waals surface area contributed by atoms with Crippen LogP contribution in [0.15, 0.2) is 24.3 Å². The van der Waals surface area contributed by atoms with Gasteiger partial charge in [0.2, 0.25) is 5.91 Å². The molecule has 72 valence electrons. The van der Waals surface area contributed by atoms with Crippen molar-refractivity contribution in [2.45, 2.75) is 0 Å². The van der Waals surface area contributed by atoms with Crippen LogP contribution >= 0.6 is 22.6 Å². The van der Waals surface area contributed by atoms with Gasteiger partial charge in [-0.1, -0.05) is 0 Å². The molecule has 2 rings (SSSR count). The molecule has 0 unspecified atom stereocenters. The molecule has 1 aromatic rings. The molecule has 1 aliphatic heterocycles. The highest BCUT2D eigenvalue weighted by atomic mass is 127. The number of carbonyl (C=O) groups excluding carboxylic acids is 2. The molecule has 1 N–H and O–H groups in total. The molecule has 1 aliphatic rings. The number of benzene rings is 1. The van der Waals surface area contributed by atoms with Gasteiger partial charge < -0.3 is 0 Å². The van der Waals surface area contributed by atoms with E-state index < -0.39 is 0 Å². The molecule has 1 fully saturated rings. The summed E-state index contributed by atoms with van der Waals surface area (Å²) >= 11 is 2.18. The second-order valence-electron chi connectivity index (χ2n) is 2.92. The monoisotopic (exact) mass is 302 g/mol. The van der Waals surface area contributed by atoms with E-state index >= 15 is 0 Å². The van der Waals surface area contributed by atoms with Gasteiger partial charge in [-0.05, 0) is 46.9 Å². The van der Waals surface area contributed by atoms with Crippen molar-refractivity contribution in [1.82, 2.24) is 5.32 Å². The lowest BCUT2D eigenvalue weighted by molar-refractivity contribution is -0.117. The Morgan fingerprint density at radius 2 is 1.86 bits per heavy atom. The number of carbonyl (C=O) groups is 2. The molecule has 4 nitrogen and oxygen atoms in total. The number of hydrogen-bond donors (Lipinski definition) is 1. The lowest BCUT2D eigenvalue weighted by atomic mass is 10.3. The van der Waals surface area contributed by atoms with Crippen molar-refractivity contribution in [2.75, 3.05) is 11.4 Å². The standard InChI is InChI=1S/C9H7IN2O2/c10-6-1-3-7(4-2-6)12-5-8(13)11-9(12)14/h1-4H,5H2,(H,11,13,14). The zero-order chi connectivity index (χ0) is 10.1. The maximum Gasteiger partial charge on any atom is 0.329 e. The number of imide groups is 1. The Balaban J connectivity index is 2.27. The number of nitrogens with zero attached hydrogens (tertiary/aromatic N) is 1. The molecule has 5 heteroatoms. The average molecular weight is 302 g/mol. The minimum Gasteiger partial charge on any atom is -0.285 e. The molecule has 0 saturated carbocycles. The quantitative estimate of drug-likeness (QED) is 0.629. The number of urea groups is 1. The maximum absolute atomic E-state index is 11.3. The number of nitrogens with one attached hydrogen (secondary N) is 1. The third kappa shape index (κ3) is 1.72. The number of hydrogen-bond acceptors (Lipinski definition) is 2.